The lowest BCUT2D eigenvalue weighted by Crippen LogP contribution is -2.47. The van der Waals surface area contributed by atoms with Crippen molar-refractivity contribution in [3.63, 3.8) is 0 Å². The van der Waals surface area contributed by atoms with Crippen molar-refractivity contribution in [1.29, 1.82) is 0 Å². The first-order valence-electron chi connectivity index (χ1n) is 10.4. The highest BCUT2D eigenvalue weighted by Crippen LogP contribution is 2.37. The zero-order valence-electron chi connectivity index (χ0n) is 17.0. The van der Waals surface area contributed by atoms with Gasteiger partial charge >= 0.3 is 6.03 Å². The number of ether oxygens (including phenoxy) is 1. The molecule has 30 heavy (non-hydrogen) atoms. The third kappa shape index (κ3) is 3.97. The standard InChI is InChI=1S/C22H27FN4O3/c1-2-8-27-18-15-26(10-5-9-25-11-13-30-14-12-25)21(28)19(18)20(24-22(27)29)16-6-3-4-7-17(16)23/h2-4,6-7,20H,1,5,8-15H2,(H,24,29). The summed E-state index contributed by atoms with van der Waals surface area (Å²) >= 11 is 0. The lowest BCUT2D eigenvalue weighted by molar-refractivity contribution is -0.125. The number of amides is 3. The van der Waals surface area contributed by atoms with Crippen LogP contribution in [0, 0.1) is 5.82 Å². The lowest BCUT2D eigenvalue weighted by Gasteiger charge is -2.33. The Kier molecular flexibility index (Phi) is 6.15. The number of urea groups is 1. The number of halogens is 1. The topological polar surface area (TPSA) is 65.1 Å². The zero-order chi connectivity index (χ0) is 21.1. The Bertz CT molecular complexity index is 866. The predicted molar refractivity (Wildman–Crippen MR) is 110 cm³/mol. The molecule has 1 unspecified atom stereocenters. The molecule has 7 nitrogen and oxygen atoms in total. The van der Waals surface area contributed by atoms with Gasteiger partial charge in [-0.05, 0) is 12.5 Å². The molecule has 8 heteroatoms. The summed E-state index contributed by atoms with van der Waals surface area (Å²) in [5, 5.41) is 2.81. The maximum atomic E-state index is 14.5. The molecule has 1 aromatic rings. The van der Waals surface area contributed by atoms with Crippen molar-refractivity contribution >= 4 is 11.9 Å². The summed E-state index contributed by atoms with van der Waals surface area (Å²) in [4.78, 5) is 31.6. The summed E-state index contributed by atoms with van der Waals surface area (Å²) in [6.07, 6.45) is 2.46. The smallest absolute Gasteiger partial charge is 0.322 e. The summed E-state index contributed by atoms with van der Waals surface area (Å²) < 4.78 is 19.9. The van der Waals surface area contributed by atoms with Gasteiger partial charge in [0.2, 0.25) is 0 Å². The number of carbonyl (C=O) groups is 2. The van der Waals surface area contributed by atoms with Crippen molar-refractivity contribution in [3.05, 3.63) is 59.6 Å². The quantitative estimate of drug-likeness (QED) is 0.693. The van der Waals surface area contributed by atoms with Gasteiger partial charge in [0.1, 0.15) is 5.82 Å². The molecule has 3 aliphatic rings. The molecule has 1 N–H and O–H groups in total. The molecule has 0 aliphatic carbocycles. The van der Waals surface area contributed by atoms with Gasteiger partial charge < -0.3 is 15.0 Å². The third-order valence-electron chi connectivity index (χ3n) is 5.83. The number of carbonyl (C=O) groups excluding carboxylic acids is 2. The van der Waals surface area contributed by atoms with E-state index in [-0.39, 0.29) is 11.9 Å². The molecular weight excluding hydrogens is 387 g/mol. The van der Waals surface area contributed by atoms with E-state index in [2.05, 4.69) is 16.8 Å². The Balaban J connectivity index is 1.53. The van der Waals surface area contributed by atoms with Crippen LogP contribution in [0.15, 0.2) is 48.2 Å². The van der Waals surface area contributed by atoms with Crippen LogP contribution in [0.4, 0.5) is 9.18 Å². The largest absolute Gasteiger partial charge is 0.379 e. The molecule has 0 saturated carbocycles. The number of nitrogens with one attached hydrogen (secondary N) is 1. The molecule has 3 amide bonds. The molecular formula is C22H27FN4O3. The van der Waals surface area contributed by atoms with Gasteiger partial charge in [0.25, 0.3) is 5.91 Å². The normalized spacial score (nSPS) is 22.4. The van der Waals surface area contributed by atoms with Crippen LogP contribution in [0.25, 0.3) is 0 Å². The van der Waals surface area contributed by atoms with Crippen molar-refractivity contribution in [1.82, 2.24) is 20.0 Å². The highest BCUT2D eigenvalue weighted by molar-refractivity contribution is 6.01. The van der Waals surface area contributed by atoms with Gasteiger partial charge in [0.05, 0.1) is 37.1 Å². The van der Waals surface area contributed by atoms with Crippen LogP contribution in [-0.4, -0.2) is 79.1 Å². The van der Waals surface area contributed by atoms with Crippen LogP contribution < -0.4 is 5.32 Å². The molecule has 1 saturated heterocycles. The Hall–Kier alpha value is -2.71. The van der Waals surface area contributed by atoms with E-state index in [1.54, 1.807) is 29.2 Å². The Morgan fingerprint density at radius 3 is 2.70 bits per heavy atom. The monoisotopic (exact) mass is 414 g/mol. The average molecular weight is 414 g/mol. The van der Waals surface area contributed by atoms with Gasteiger partial charge in [-0.1, -0.05) is 24.3 Å². The minimum Gasteiger partial charge on any atom is -0.379 e. The van der Waals surface area contributed by atoms with Crippen molar-refractivity contribution in [2.45, 2.75) is 12.5 Å². The molecule has 0 bridgehead atoms. The molecule has 160 valence electrons. The summed E-state index contributed by atoms with van der Waals surface area (Å²) in [6, 6.07) is 5.13. The highest BCUT2D eigenvalue weighted by atomic mass is 19.1. The first-order chi connectivity index (χ1) is 14.6. The first kappa shape index (κ1) is 20.6. The van der Waals surface area contributed by atoms with E-state index in [9.17, 15) is 14.0 Å². The van der Waals surface area contributed by atoms with Crippen molar-refractivity contribution in [3.8, 4) is 0 Å². The van der Waals surface area contributed by atoms with Crippen molar-refractivity contribution in [2.24, 2.45) is 0 Å². The zero-order valence-corrected chi connectivity index (χ0v) is 17.0. The van der Waals surface area contributed by atoms with Gasteiger partial charge in [-0.3, -0.25) is 14.6 Å². The molecule has 0 radical (unpaired) electrons. The predicted octanol–water partition coefficient (Wildman–Crippen LogP) is 1.90. The molecule has 1 fully saturated rings. The molecule has 3 aliphatic heterocycles. The fourth-order valence-corrected chi connectivity index (χ4v) is 4.30. The molecule has 0 aromatic heterocycles. The number of benzene rings is 1. The molecule has 3 heterocycles. The van der Waals surface area contributed by atoms with E-state index >= 15 is 0 Å². The average Bonchev–Trinajstić information content (AvgIpc) is 3.08. The van der Waals surface area contributed by atoms with Gasteiger partial charge in [-0.2, -0.15) is 0 Å². The summed E-state index contributed by atoms with van der Waals surface area (Å²) in [6.45, 7) is 9.14. The van der Waals surface area contributed by atoms with Crippen LogP contribution in [0.2, 0.25) is 0 Å². The van der Waals surface area contributed by atoms with Crippen LogP contribution >= 0.6 is 0 Å². The van der Waals surface area contributed by atoms with E-state index in [0.717, 1.165) is 39.3 Å². The molecule has 4 rings (SSSR count). The fraction of sp³-hybridized carbons (Fsp3) is 0.455. The second-order valence-corrected chi connectivity index (χ2v) is 7.70. The fourth-order valence-electron chi connectivity index (χ4n) is 4.30. The molecule has 1 aromatic carbocycles. The van der Waals surface area contributed by atoms with Crippen LogP contribution in [-0.2, 0) is 9.53 Å². The summed E-state index contributed by atoms with van der Waals surface area (Å²) in [5.74, 6) is -0.584. The van der Waals surface area contributed by atoms with E-state index in [1.165, 1.54) is 11.0 Å². The van der Waals surface area contributed by atoms with Gasteiger partial charge in [0.15, 0.2) is 0 Å². The number of rotatable bonds is 7. The van der Waals surface area contributed by atoms with Crippen LogP contribution in [0.1, 0.15) is 18.0 Å². The van der Waals surface area contributed by atoms with Gasteiger partial charge in [0, 0.05) is 38.3 Å². The Morgan fingerprint density at radius 1 is 1.20 bits per heavy atom. The number of morpholine rings is 1. The maximum Gasteiger partial charge on any atom is 0.322 e. The van der Waals surface area contributed by atoms with E-state index in [4.69, 9.17) is 4.74 Å². The van der Waals surface area contributed by atoms with E-state index in [1.807, 2.05) is 0 Å². The summed E-state index contributed by atoms with van der Waals surface area (Å²) in [7, 11) is 0. The summed E-state index contributed by atoms with van der Waals surface area (Å²) in [5.41, 5.74) is 1.40. The van der Waals surface area contributed by atoms with Gasteiger partial charge in [-0.25, -0.2) is 9.18 Å². The van der Waals surface area contributed by atoms with Crippen molar-refractivity contribution < 1.29 is 18.7 Å². The minimum absolute atomic E-state index is 0.144. The first-order valence-corrected chi connectivity index (χ1v) is 10.4. The van der Waals surface area contributed by atoms with Crippen LogP contribution in [0.5, 0.6) is 0 Å². The maximum absolute atomic E-state index is 14.5. The second-order valence-electron chi connectivity index (χ2n) is 7.70. The van der Waals surface area contributed by atoms with E-state index < -0.39 is 11.9 Å². The van der Waals surface area contributed by atoms with Crippen molar-refractivity contribution in [2.75, 3.05) is 52.5 Å². The highest BCUT2D eigenvalue weighted by Gasteiger charge is 2.44. The number of hydrogen-bond acceptors (Lipinski definition) is 4. The van der Waals surface area contributed by atoms with Crippen LogP contribution in [0.3, 0.4) is 0 Å². The Labute approximate surface area is 175 Å². The third-order valence-corrected chi connectivity index (χ3v) is 5.83. The second kappa shape index (κ2) is 8.97. The minimum atomic E-state index is -0.786. The SMILES string of the molecule is C=CCN1C(=O)NC(c2ccccc2F)C2=C1CN(CCCN1CCOCC1)C2=O. The lowest BCUT2D eigenvalue weighted by atomic mass is 9.95. The Morgan fingerprint density at radius 2 is 1.97 bits per heavy atom. The number of hydrogen-bond donors (Lipinski definition) is 1. The number of nitrogens with zero attached hydrogens (tertiary/aromatic N) is 3. The van der Waals surface area contributed by atoms with Gasteiger partial charge in [-0.15, -0.1) is 6.58 Å². The van der Waals surface area contributed by atoms with E-state index in [0.29, 0.717) is 36.5 Å². The molecule has 1 atom stereocenters. The molecule has 0 spiro atoms.